The number of hydrogen-bond acceptors (Lipinski definition) is 3. The number of halogens is 2. The van der Waals surface area contributed by atoms with Crippen LogP contribution in [0.2, 0.25) is 5.02 Å². The van der Waals surface area contributed by atoms with Crippen molar-refractivity contribution < 1.29 is 9.13 Å². The Kier molecular flexibility index (Phi) is 4.39. The summed E-state index contributed by atoms with van der Waals surface area (Å²) in [6, 6.07) is 4.16. The van der Waals surface area contributed by atoms with E-state index in [-0.39, 0.29) is 5.82 Å². The van der Waals surface area contributed by atoms with Crippen molar-refractivity contribution >= 4 is 23.2 Å². The molecule has 0 saturated heterocycles. The fraction of sp³-hybridized carbons (Fsp3) is 0.308. The number of benzene rings is 1. The maximum absolute atomic E-state index is 13.2. The van der Waals surface area contributed by atoms with Gasteiger partial charge in [0.15, 0.2) is 0 Å². The second-order valence-corrected chi connectivity index (χ2v) is 4.55. The molecule has 0 aliphatic heterocycles. The summed E-state index contributed by atoms with van der Waals surface area (Å²) in [6.07, 6.45) is 1.90. The largest absolute Gasteiger partial charge is 0.383 e. The summed E-state index contributed by atoms with van der Waals surface area (Å²) in [7, 11) is 1.64. The minimum Gasteiger partial charge on any atom is -0.383 e. The molecule has 2 rings (SSSR count). The van der Waals surface area contributed by atoms with Crippen LogP contribution >= 0.6 is 11.6 Å². The van der Waals surface area contributed by atoms with Gasteiger partial charge in [-0.2, -0.15) is 0 Å². The third-order valence-corrected chi connectivity index (χ3v) is 2.94. The summed E-state index contributed by atoms with van der Waals surface area (Å²) in [6.45, 7) is 3.12. The Morgan fingerprint density at radius 1 is 1.47 bits per heavy atom. The molecule has 0 bridgehead atoms. The molecule has 0 amide bonds. The van der Waals surface area contributed by atoms with E-state index in [2.05, 4.69) is 10.3 Å². The van der Waals surface area contributed by atoms with Crippen LogP contribution in [0.1, 0.15) is 5.69 Å². The number of aromatic nitrogens is 2. The molecule has 4 nitrogen and oxygen atoms in total. The number of hydrogen-bond donors (Lipinski definition) is 1. The first kappa shape index (κ1) is 13.8. The van der Waals surface area contributed by atoms with Gasteiger partial charge in [-0.15, -0.1) is 0 Å². The van der Waals surface area contributed by atoms with E-state index < -0.39 is 0 Å². The maximum atomic E-state index is 13.2. The molecule has 0 unspecified atom stereocenters. The molecule has 0 spiro atoms. The molecular formula is C13H15ClFN3O. The second-order valence-electron chi connectivity index (χ2n) is 4.14. The van der Waals surface area contributed by atoms with Crippen LogP contribution in [0.15, 0.2) is 24.4 Å². The van der Waals surface area contributed by atoms with Crippen LogP contribution in [-0.4, -0.2) is 23.3 Å². The fourth-order valence-electron chi connectivity index (χ4n) is 1.72. The third kappa shape index (κ3) is 3.45. The molecule has 0 aliphatic rings. The zero-order valence-corrected chi connectivity index (χ0v) is 11.5. The molecule has 6 heteroatoms. The molecule has 0 fully saturated rings. The molecule has 1 aromatic carbocycles. The molecule has 0 atom stereocenters. The summed E-state index contributed by atoms with van der Waals surface area (Å²) >= 11 is 6.02. The van der Waals surface area contributed by atoms with Crippen molar-refractivity contribution in [3.05, 3.63) is 40.9 Å². The van der Waals surface area contributed by atoms with Gasteiger partial charge in [-0.1, -0.05) is 11.6 Å². The van der Waals surface area contributed by atoms with Crippen LogP contribution in [-0.2, 0) is 11.3 Å². The molecule has 1 aromatic heterocycles. The summed E-state index contributed by atoms with van der Waals surface area (Å²) in [5, 5.41) is 3.48. The number of nitrogens with one attached hydrogen (secondary N) is 1. The van der Waals surface area contributed by atoms with Gasteiger partial charge in [0.2, 0.25) is 5.95 Å². The monoisotopic (exact) mass is 283 g/mol. The van der Waals surface area contributed by atoms with Gasteiger partial charge in [0.25, 0.3) is 0 Å². The van der Waals surface area contributed by atoms with Gasteiger partial charge < -0.3 is 14.6 Å². The van der Waals surface area contributed by atoms with Crippen molar-refractivity contribution in [1.82, 2.24) is 9.55 Å². The van der Waals surface area contributed by atoms with Crippen LogP contribution in [0, 0.1) is 12.7 Å². The van der Waals surface area contributed by atoms with Crippen molar-refractivity contribution in [1.29, 1.82) is 0 Å². The average molecular weight is 284 g/mol. The minimum absolute atomic E-state index is 0.349. The number of aryl methyl sites for hydroxylation is 1. The van der Waals surface area contributed by atoms with Crippen LogP contribution in [0.5, 0.6) is 0 Å². The summed E-state index contributed by atoms with van der Waals surface area (Å²) in [5.41, 5.74) is 1.36. The lowest BCUT2D eigenvalue weighted by atomic mass is 10.3. The number of anilines is 2. The lowest BCUT2D eigenvalue weighted by Gasteiger charge is -2.10. The van der Waals surface area contributed by atoms with E-state index in [9.17, 15) is 4.39 Å². The molecule has 0 radical (unpaired) electrons. The first-order valence-electron chi connectivity index (χ1n) is 5.85. The number of rotatable bonds is 5. The van der Waals surface area contributed by atoms with E-state index in [4.69, 9.17) is 16.3 Å². The highest BCUT2D eigenvalue weighted by atomic mass is 35.5. The molecule has 1 heterocycles. The Bertz CT molecular complexity index is 571. The highest BCUT2D eigenvalue weighted by molar-refractivity contribution is 6.33. The third-order valence-electron chi connectivity index (χ3n) is 2.61. The standard InChI is InChI=1S/C13H15ClFN3O/c1-9-8-18(5-6-19-2)13(16-9)17-12-7-10(15)3-4-11(12)14/h3-4,7-8H,5-6H2,1-2H3,(H,16,17). The Morgan fingerprint density at radius 2 is 2.26 bits per heavy atom. The van der Waals surface area contributed by atoms with Gasteiger partial charge in [-0.3, -0.25) is 0 Å². The Labute approximate surface area is 116 Å². The summed E-state index contributed by atoms with van der Waals surface area (Å²) < 4.78 is 20.2. The zero-order valence-electron chi connectivity index (χ0n) is 10.8. The Balaban J connectivity index is 2.24. The summed E-state index contributed by atoms with van der Waals surface area (Å²) in [4.78, 5) is 4.34. The lowest BCUT2D eigenvalue weighted by molar-refractivity contribution is 0.188. The molecule has 1 N–H and O–H groups in total. The van der Waals surface area contributed by atoms with Crippen LogP contribution in [0.3, 0.4) is 0 Å². The molecular weight excluding hydrogens is 269 g/mol. The Hall–Kier alpha value is -1.59. The zero-order chi connectivity index (χ0) is 13.8. The van der Waals surface area contributed by atoms with Crippen LogP contribution < -0.4 is 5.32 Å². The first-order valence-corrected chi connectivity index (χ1v) is 6.22. The van der Waals surface area contributed by atoms with Crippen molar-refractivity contribution in [3.63, 3.8) is 0 Å². The van der Waals surface area contributed by atoms with Gasteiger partial charge in [0.05, 0.1) is 23.0 Å². The Morgan fingerprint density at radius 3 is 3.00 bits per heavy atom. The molecule has 0 saturated carbocycles. The predicted molar refractivity (Wildman–Crippen MR) is 73.5 cm³/mol. The van der Waals surface area contributed by atoms with E-state index in [1.54, 1.807) is 7.11 Å². The maximum Gasteiger partial charge on any atom is 0.207 e. The van der Waals surface area contributed by atoms with Crippen LogP contribution in [0.25, 0.3) is 0 Å². The number of nitrogens with zero attached hydrogens (tertiary/aromatic N) is 2. The van der Waals surface area contributed by atoms with E-state index in [1.807, 2.05) is 17.7 Å². The predicted octanol–water partition coefficient (Wildman–Crippen LogP) is 3.37. The number of ether oxygens (including phenoxy) is 1. The SMILES string of the molecule is COCCn1cc(C)nc1Nc1cc(F)ccc1Cl. The lowest BCUT2D eigenvalue weighted by Crippen LogP contribution is -2.07. The van der Waals surface area contributed by atoms with E-state index in [0.717, 1.165) is 5.69 Å². The van der Waals surface area contributed by atoms with E-state index in [0.29, 0.717) is 29.8 Å². The van der Waals surface area contributed by atoms with Gasteiger partial charge in [-0.25, -0.2) is 9.37 Å². The molecule has 2 aromatic rings. The first-order chi connectivity index (χ1) is 9.10. The molecule has 102 valence electrons. The number of imidazole rings is 1. The highest BCUT2D eigenvalue weighted by Crippen LogP contribution is 2.25. The topological polar surface area (TPSA) is 39.1 Å². The van der Waals surface area contributed by atoms with Crippen molar-refractivity contribution in [2.45, 2.75) is 13.5 Å². The van der Waals surface area contributed by atoms with E-state index >= 15 is 0 Å². The van der Waals surface area contributed by atoms with Gasteiger partial charge in [0, 0.05) is 19.9 Å². The quantitative estimate of drug-likeness (QED) is 0.914. The fourth-order valence-corrected chi connectivity index (χ4v) is 1.89. The van der Waals surface area contributed by atoms with E-state index in [1.165, 1.54) is 18.2 Å². The van der Waals surface area contributed by atoms with Crippen molar-refractivity contribution in [2.75, 3.05) is 19.0 Å². The average Bonchev–Trinajstić information content (AvgIpc) is 2.71. The van der Waals surface area contributed by atoms with Gasteiger partial charge >= 0.3 is 0 Å². The van der Waals surface area contributed by atoms with Crippen LogP contribution in [0.4, 0.5) is 16.0 Å². The number of methoxy groups -OCH3 is 1. The van der Waals surface area contributed by atoms with Crippen molar-refractivity contribution in [2.24, 2.45) is 0 Å². The molecule has 19 heavy (non-hydrogen) atoms. The van der Waals surface area contributed by atoms with Gasteiger partial charge in [-0.05, 0) is 25.1 Å². The second kappa shape index (κ2) is 6.04. The molecule has 0 aliphatic carbocycles. The smallest absolute Gasteiger partial charge is 0.207 e. The van der Waals surface area contributed by atoms with Gasteiger partial charge in [0.1, 0.15) is 5.82 Å². The normalized spacial score (nSPS) is 10.7. The minimum atomic E-state index is -0.349. The summed E-state index contributed by atoms with van der Waals surface area (Å²) in [5.74, 6) is 0.265. The van der Waals surface area contributed by atoms with Crippen molar-refractivity contribution in [3.8, 4) is 0 Å². The highest BCUT2D eigenvalue weighted by Gasteiger charge is 2.08.